The molecule has 4 fully saturated rings. The summed E-state index contributed by atoms with van der Waals surface area (Å²) in [4.78, 5) is 15.0. The van der Waals surface area contributed by atoms with Crippen molar-refractivity contribution in [3.63, 3.8) is 0 Å². The van der Waals surface area contributed by atoms with E-state index in [-0.39, 0.29) is 21.4 Å². The zero-order chi connectivity index (χ0) is 44.3. The smallest absolute Gasteiger partial charge is 0.269 e. The minimum absolute atomic E-state index is 0.0281. The third-order valence-corrected chi connectivity index (χ3v) is 21.2. The highest BCUT2D eigenvalue weighted by molar-refractivity contribution is 7.92. The Labute approximate surface area is 378 Å². The second kappa shape index (κ2) is 17.7. The molecule has 0 saturated heterocycles. The fourth-order valence-corrected chi connectivity index (χ4v) is 16.2. The molecule has 340 valence electrons. The Morgan fingerprint density at radius 2 is 1.56 bits per heavy atom. The number of H-pyrrole nitrogens is 1. The molecule has 12 nitrogen and oxygen atoms in total. The Kier molecular flexibility index (Phi) is 12.6. The summed E-state index contributed by atoms with van der Waals surface area (Å²) >= 11 is 6.73. The predicted octanol–water partition coefficient (Wildman–Crippen LogP) is 8.75. The normalized spacial score (nSPS) is 25.2. The second-order valence-electron chi connectivity index (χ2n) is 19.0. The van der Waals surface area contributed by atoms with Gasteiger partial charge in [-0.05, 0) is 143 Å². The van der Waals surface area contributed by atoms with Crippen LogP contribution in [0.1, 0.15) is 108 Å². The molecule has 0 spiro atoms. The van der Waals surface area contributed by atoms with Gasteiger partial charge in [0.25, 0.3) is 10.0 Å². The average Bonchev–Trinajstić information content (AvgIpc) is 4.04. The number of halogens is 1. The molecule has 5 aromatic rings. The quantitative estimate of drug-likeness (QED) is 0.104. The van der Waals surface area contributed by atoms with E-state index in [9.17, 15) is 25.3 Å². The number of pyridine rings is 2. The SMILES string of the molecule is CC[C@@H]1C[C@H](CS(=O)(=O)C2CC2)C[C@@H]1N1CCc2cnc3[nH]ccc3c21.CC[C@@H]1C[C@H](NS(=O)(=O)C2CC2)C[C@@H]1CCCc1cnc2c(ccn2S(=O)(=O)c2ccc(C)cc2)c1Cl. The first kappa shape index (κ1) is 44.7. The number of nitrogens with zero attached hydrogens (tertiary/aromatic N) is 4. The van der Waals surface area contributed by atoms with Crippen LogP contribution in [0.5, 0.6) is 0 Å². The third kappa shape index (κ3) is 9.20. The first-order chi connectivity index (χ1) is 30.2. The van der Waals surface area contributed by atoms with Crippen molar-refractivity contribution >= 4 is 69.2 Å². The molecule has 0 unspecified atom stereocenters. The molecular formula is C47H61ClN6O6S3. The van der Waals surface area contributed by atoms with Crippen molar-refractivity contribution in [2.45, 2.75) is 138 Å². The van der Waals surface area contributed by atoms with Crippen LogP contribution in [0.25, 0.3) is 22.1 Å². The topological polar surface area (TPSA) is 164 Å². The number of aromatic amines is 1. The zero-order valence-corrected chi connectivity index (χ0v) is 39.8. The van der Waals surface area contributed by atoms with E-state index in [2.05, 4.69) is 44.5 Å². The minimum Gasteiger partial charge on any atom is -0.367 e. The van der Waals surface area contributed by atoms with Crippen molar-refractivity contribution in [1.29, 1.82) is 0 Å². The van der Waals surface area contributed by atoms with Crippen molar-refractivity contribution in [3.05, 3.63) is 82.9 Å². The maximum atomic E-state index is 13.2. The lowest BCUT2D eigenvalue weighted by Crippen LogP contribution is -2.36. The number of sulfone groups is 1. The second-order valence-corrected chi connectivity index (χ2v) is 25.5. The number of fused-ring (bicyclic) bond motifs is 4. The summed E-state index contributed by atoms with van der Waals surface area (Å²) < 4.78 is 80.3. The van der Waals surface area contributed by atoms with Crippen LogP contribution in [0.3, 0.4) is 0 Å². The number of anilines is 1. The van der Waals surface area contributed by atoms with Gasteiger partial charge in [0.2, 0.25) is 10.0 Å². The lowest BCUT2D eigenvalue weighted by Gasteiger charge is -2.32. The molecule has 0 radical (unpaired) electrons. The zero-order valence-electron chi connectivity index (χ0n) is 36.5. The van der Waals surface area contributed by atoms with Crippen molar-refractivity contribution in [2.24, 2.45) is 23.7 Å². The fourth-order valence-electron chi connectivity index (χ4n) is 11.0. The van der Waals surface area contributed by atoms with Crippen LogP contribution in [0.4, 0.5) is 5.69 Å². The van der Waals surface area contributed by atoms with Gasteiger partial charge >= 0.3 is 0 Å². The number of rotatable bonds is 15. The van der Waals surface area contributed by atoms with E-state index < -0.39 is 29.9 Å². The minimum atomic E-state index is -3.78. The first-order valence-electron chi connectivity index (χ1n) is 23.1. The highest BCUT2D eigenvalue weighted by Gasteiger charge is 2.44. The predicted molar refractivity (Wildman–Crippen MR) is 251 cm³/mol. The van der Waals surface area contributed by atoms with Crippen molar-refractivity contribution in [3.8, 4) is 0 Å². The number of aryl methyl sites for hydroxylation is 2. The summed E-state index contributed by atoms with van der Waals surface area (Å²) in [6, 6.07) is 11.1. The Morgan fingerprint density at radius 3 is 2.27 bits per heavy atom. The molecule has 16 heteroatoms. The summed E-state index contributed by atoms with van der Waals surface area (Å²) in [5.41, 5.74) is 5.83. The van der Waals surface area contributed by atoms with Crippen LogP contribution < -0.4 is 9.62 Å². The van der Waals surface area contributed by atoms with Gasteiger partial charge in [-0.1, -0.05) is 56.0 Å². The molecule has 6 atom stereocenters. The van der Waals surface area contributed by atoms with Gasteiger partial charge in [-0.2, -0.15) is 0 Å². The molecule has 5 heterocycles. The Hall–Kier alpha value is -3.50. The molecule has 4 aromatic heterocycles. The van der Waals surface area contributed by atoms with E-state index in [1.54, 1.807) is 36.5 Å². The van der Waals surface area contributed by atoms with Gasteiger partial charge in [0.1, 0.15) is 5.65 Å². The number of hydrogen-bond acceptors (Lipinski definition) is 9. The number of sulfonamides is 1. The van der Waals surface area contributed by atoms with Crippen LogP contribution in [0.2, 0.25) is 5.02 Å². The van der Waals surface area contributed by atoms with E-state index in [0.29, 0.717) is 51.5 Å². The molecule has 1 aliphatic heterocycles. The molecule has 0 bridgehead atoms. The molecule has 2 N–H and O–H groups in total. The van der Waals surface area contributed by atoms with Crippen LogP contribution in [0, 0.1) is 30.6 Å². The standard InChI is InChI=1S/C27H34ClN3O4S2.C20H27N3O2S/c1-3-19-15-22(30-36(32,33)23-11-12-23)16-20(19)5-4-6-21-17-29-27-25(26(21)28)13-14-31(27)37(34,35)24-9-7-18(2)8-10-24;1-2-14-9-13(12-26(24,25)16-3-4-16)10-18(14)23-8-6-15-11-22-20-17(19(15)23)5-7-21-20/h7-10,13-14,17,19-20,22-23,30H,3-6,11-12,15-16H2,1-2H3;5,7,11,13-14,16,18H,2-4,6,8-10,12H2,1H3,(H,21,22)/t19-,20+,22+;13-,14+,18-/m10/s1. The molecule has 1 aromatic carbocycles. The average molecular weight is 938 g/mol. The van der Waals surface area contributed by atoms with Gasteiger partial charge in [-0.25, -0.2) is 43.9 Å². The van der Waals surface area contributed by atoms with Gasteiger partial charge in [-0.15, -0.1) is 0 Å². The number of aromatic nitrogens is 4. The van der Waals surface area contributed by atoms with E-state index in [1.807, 2.05) is 19.3 Å². The van der Waals surface area contributed by atoms with Crippen molar-refractivity contribution < 1.29 is 25.3 Å². The summed E-state index contributed by atoms with van der Waals surface area (Å²) in [5.74, 6) is 2.31. The number of benzene rings is 1. The van der Waals surface area contributed by atoms with Crippen LogP contribution in [-0.2, 0) is 42.7 Å². The maximum Gasteiger partial charge on any atom is 0.269 e. The molecule has 10 rings (SSSR count). The molecule has 4 saturated carbocycles. The highest BCUT2D eigenvalue weighted by atomic mass is 35.5. The Bertz CT molecular complexity index is 2800. The molecule has 4 aliphatic carbocycles. The lowest BCUT2D eigenvalue weighted by molar-refractivity contribution is 0.347. The summed E-state index contributed by atoms with van der Waals surface area (Å²) in [5, 5.41) is 2.16. The first-order valence-corrected chi connectivity index (χ1v) is 28.2. The monoisotopic (exact) mass is 936 g/mol. The van der Waals surface area contributed by atoms with Gasteiger partial charge in [0.15, 0.2) is 15.5 Å². The summed E-state index contributed by atoms with van der Waals surface area (Å²) in [7, 11) is -9.81. The molecule has 63 heavy (non-hydrogen) atoms. The fraction of sp³-hybridized carbons (Fsp3) is 0.574. The van der Waals surface area contributed by atoms with E-state index in [1.165, 1.54) is 26.8 Å². The van der Waals surface area contributed by atoms with Crippen molar-refractivity contribution in [1.82, 2.24) is 23.6 Å². The largest absolute Gasteiger partial charge is 0.367 e. The number of hydrogen-bond donors (Lipinski definition) is 2. The maximum absolute atomic E-state index is 13.2. The Morgan fingerprint density at radius 1 is 0.825 bits per heavy atom. The van der Waals surface area contributed by atoms with E-state index in [4.69, 9.17) is 11.6 Å². The van der Waals surface area contributed by atoms with Crippen LogP contribution in [0.15, 0.2) is 66.1 Å². The summed E-state index contributed by atoms with van der Waals surface area (Å²) in [6.45, 7) is 7.38. The Balaban J connectivity index is 0.000000170. The lowest BCUT2D eigenvalue weighted by atomic mass is 9.89. The summed E-state index contributed by atoms with van der Waals surface area (Å²) in [6.07, 6.45) is 20.2. The molecular weight excluding hydrogens is 876 g/mol. The molecule has 5 aliphatic rings. The van der Waals surface area contributed by atoms with E-state index >= 15 is 0 Å². The van der Waals surface area contributed by atoms with Crippen LogP contribution in [-0.4, -0.2) is 79.1 Å². The highest BCUT2D eigenvalue weighted by Crippen LogP contribution is 2.45. The third-order valence-electron chi connectivity index (χ3n) is 14.7. The van der Waals surface area contributed by atoms with Gasteiger partial charge in [0, 0.05) is 54.2 Å². The van der Waals surface area contributed by atoms with Gasteiger partial charge in [-0.3, -0.25) is 0 Å². The van der Waals surface area contributed by atoms with Crippen molar-refractivity contribution in [2.75, 3.05) is 17.2 Å². The van der Waals surface area contributed by atoms with E-state index in [0.717, 1.165) is 113 Å². The van der Waals surface area contributed by atoms with Gasteiger partial charge in [0.05, 0.1) is 31.9 Å². The molecule has 0 amide bonds. The van der Waals surface area contributed by atoms with Crippen LogP contribution >= 0.6 is 11.6 Å². The van der Waals surface area contributed by atoms with Gasteiger partial charge < -0.3 is 9.88 Å². The number of nitrogens with one attached hydrogen (secondary N) is 2.